The number of carbonyl (C=O) groups excluding carboxylic acids is 1. The summed E-state index contributed by atoms with van der Waals surface area (Å²) in [6.07, 6.45) is 4.16. The van der Waals surface area contributed by atoms with E-state index < -0.39 is 0 Å². The Morgan fingerprint density at radius 3 is 2.68 bits per heavy atom. The number of amides is 1. The third kappa shape index (κ3) is 6.14. The molecule has 0 aliphatic heterocycles. The van der Waals surface area contributed by atoms with Gasteiger partial charge in [0, 0.05) is 18.5 Å². The van der Waals surface area contributed by atoms with Crippen molar-refractivity contribution in [2.75, 3.05) is 19.6 Å². The van der Waals surface area contributed by atoms with E-state index >= 15 is 0 Å². The second kappa shape index (κ2) is 9.53. The van der Waals surface area contributed by atoms with Gasteiger partial charge in [0.15, 0.2) is 5.82 Å². The number of benzene rings is 1. The van der Waals surface area contributed by atoms with Crippen LogP contribution in [0, 0.1) is 5.92 Å². The Balaban J connectivity index is 0.00000225. The molecule has 25 heavy (non-hydrogen) atoms. The minimum Gasteiger partial charge on any atom is -0.355 e. The van der Waals surface area contributed by atoms with Crippen molar-refractivity contribution in [3.63, 3.8) is 0 Å². The minimum absolute atomic E-state index is 0. The van der Waals surface area contributed by atoms with Gasteiger partial charge in [0.05, 0.1) is 6.54 Å². The summed E-state index contributed by atoms with van der Waals surface area (Å²) < 4.78 is 5.23. The molecule has 1 saturated carbocycles. The van der Waals surface area contributed by atoms with Crippen LogP contribution in [0.3, 0.4) is 0 Å². The van der Waals surface area contributed by atoms with Crippen molar-refractivity contribution in [2.45, 2.75) is 32.6 Å². The van der Waals surface area contributed by atoms with E-state index in [0.717, 1.165) is 30.9 Å². The van der Waals surface area contributed by atoms with Crippen molar-refractivity contribution in [1.29, 1.82) is 0 Å². The number of aromatic nitrogens is 2. The Bertz CT molecular complexity index is 668. The molecule has 0 unspecified atom stereocenters. The third-order valence-corrected chi connectivity index (χ3v) is 4.14. The molecule has 2 aromatic rings. The molecule has 136 valence electrons. The van der Waals surface area contributed by atoms with Crippen molar-refractivity contribution >= 4 is 18.3 Å². The van der Waals surface area contributed by atoms with Crippen LogP contribution in [0.5, 0.6) is 0 Å². The van der Waals surface area contributed by atoms with Gasteiger partial charge in [-0.25, -0.2) is 0 Å². The normalized spacial score (nSPS) is 13.3. The van der Waals surface area contributed by atoms with E-state index in [1.165, 1.54) is 18.4 Å². The van der Waals surface area contributed by atoms with E-state index in [0.29, 0.717) is 24.8 Å². The molecule has 1 amide bonds. The maximum Gasteiger partial charge on any atom is 0.257 e. The first-order chi connectivity index (χ1) is 11.7. The summed E-state index contributed by atoms with van der Waals surface area (Å²) in [6.45, 7) is 4.01. The zero-order chi connectivity index (χ0) is 16.8. The molecule has 0 atom stereocenters. The van der Waals surface area contributed by atoms with Gasteiger partial charge in [-0.1, -0.05) is 24.2 Å². The van der Waals surface area contributed by atoms with Gasteiger partial charge in [0.2, 0.25) is 5.91 Å². The topological polar surface area (TPSA) is 80.0 Å². The number of hydrogen-bond acceptors (Lipinski definition) is 5. The van der Waals surface area contributed by atoms with Crippen molar-refractivity contribution in [1.82, 2.24) is 20.8 Å². The molecule has 6 nitrogen and oxygen atoms in total. The summed E-state index contributed by atoms with van der Waals surface area (Å²) in [5.41, 5.74) is 2.08. The Labute approximate surface area is 154 Å². The first kappa shape index (κ1) is 19.4. The number of nitrogens with one attached hydrogen (secondary N) is 2. The molecule has 0 spiro atoms. The molecular weight excluding hydrogens is 340 g/mol. The van der Waals surface area contributed by atoms with E-state index in [9.17, 15) is 4.79 Å². The number of halogens is 1. The lowest BCUT2D eigenvalue weighted by atomic mass is 10.1. The second-order valence-electron chi connectivity index (χ2n) is 6.24. The molecule has 1 heterocycles. The molecule has 1 aromatic carbocycles. The monoisotopic (exact) mass is 364 g/mol. The zero-order valence-corrected chi connectivity index (χ0v) is 15.3. The Morgan fingerprint density at radius 1 is 1.28 bits per heavy atom. The smallest absolute Gasteiger partial charge is 0.257 e. The van der Waals surface area contributed by atoms with E-state index in [4.69, 9.17) is 4.52 Å². The largest absolute Gasteiger partial charge is 0.355 e. The van der Waals surface area contributed by atoms with Crippen LogP contribution in [0.2, 0.25) is 0 Å². The van der Waals surface area contributed by atoms with Gasteiger partial charge in [-0.05, 0) is 49.4 Å². The van der Waals surface area contributed by atoms with Gasteiger partial charge in [0.25, 0.3) is 5.89 Å². The molecule has 0 saturated heterocycles. The summed E-state index contributed by atoms with van der Waals surface area (Å²) >= 11 is 0. The van der Waals surface area contributed by atoms with Gasteiger partial charge in [0.1, 0.15) is 0 Å². The van der Waals surface area contributed by atoms with Crippen LogP contribution in [0.4, 0.5) is 0 Å². The molecule has 1 aliphatic carbocycles. The molecule has 1 aliphatic rings. The average molecular weight is 365 g/mol. The lowest BCUT2D eigenvalue weighted by Gasteiger charge is -2.06. The summed E-state index contributed by atoms with van der Waals surface area (Å²) in [7, 11) is 0. The van der Waals surface area contributed by atoms with Crippen LogP contribution in [-0.4, -0.2) is 35.7 Å². The first-order valence-corrected chi connectivity index (χ1v) is 8.64. The van der Waals surface area contributed by atoms with Crippen molar-refractivity contribution in [2.24, 2.45) is 5.92 Å². The van der Waals surface area contributed by atoms with Crippen LogP contribution < -0.4 is 10.6 Å². The van der Waals surface area contributed by atoms with Gasteiger partial charge >= 0.3 is 0 Å². The predicted octanol–water partition coefficient (Wildman–Crippen LogP) is 2.38. The number of aryl methyl sites for hydroxylation is 1. The summed E-state index contributed by atoms with van der Waals surface area (Å²) in [4.78, 5) is 16.0. The van der Waals surface area contributed by atoms with Crippen molar-refractivity contribution < 1.29 is 9.32 Å². The van der Waals surface area contributed by atoms with Gasteiger partial charge in [-0.2, -0.15) is 4.98 Å². The molecule has 7 heteroatoms. The summed E-state index contributed by atoms with van der Waals surface area (Å²) in [5.74, 6) is 2.12. The molecule has 0 radical (unpaired) electrons. The SMILES string of the molecule is CCc1noc(-c2ccc(CCNC(=O)CNCC3CC3)cc2)n1.Cl. The standard InChI is InChI=1S/C18H24N4O2.ClH/c1-2-16-21-18(24-22-16)15-7-5-13(6-8-15)9-10-20-17(23)12-19-11-14-3-4-14;/h5-8,14,19H,2-4,9-12H2,1H3,(H,20,23);1H. The van der Waals surface area contributed by atoms with Gasteiger partial charge in [-0.15, -0.1) is 12.4 Å². The number of hydrogen-bond donors (Lipinski definition) is 2. The predicted molar refractivity (Wildman–Crippen MR) is 98.7 cm³/mol. The Kier molecular flexibility index (Phi) is 7.40. The van der Waals surface area contributed by atoms with E-state index in [1.54, 1.807) is 0 Å². The van der Waals surface area contributed by atoms with Crippen LogP contribution in [0.1, 0.15) is 31.2 Å². The molecule has 1 fully saturated rings. The summed E-state index contributed by atoms with van der Waals surface area (Å²) in [6, 6.07) is 8.01. The fourth-order valence-electron chi connectivity index (χ4n) is 2.45. The van der Waals surface area contributed by atoms with E-state index in [-0.39, 0.29) is 18.3 Å². The highest BCUT2D eigenvalue weighted by molar-refractivity contribution is 5.85. The maximum absolute atomic E-state index is 11.7. The fourth-order valence-corrected chi connectivity index (χ4v) is 2.45. The zero-order valence-electron chi connectivity index (χ0n) is 14.5. The van der Waals surface area contributed by atoms with Gasteiger partial charge in [-0.3, -0.25) is 4.79 Å². The molecular formula is C18H25ClN4O2. The summed E-state index contributed by atoms with van der Waals surface area (Å²) in [5, 5.41) is 10.0. The number of carbonyl (C=O) groups is 1. The Morgan fingerprint density at radius 2 is 2.04 bits per heavy atom. The highest BCUT2D eigenvalue weighted by Gasteiger charge is 2.20. The van der Waals surface area contributed by atoms with Crippen molar-refractivity contribution in [3.8, 4) is 11.5 Å². The van der Waals surface area contributed by atoms with Crippen LogP contribution in [0.15, 0.2) is 28.8 Å². The van der Waals surface area contributed by atoms with E-state index in [1.807, 2.05) is 31.2 Å². The van der Waals surface area contributed by atoms with Crippen LogP contribution in [-0.2, 0) is 17.6 Å². The maximum atomic E-state index is 11.7. The van der Waals surface area contributed by atoms with E-state index in [2.05, 4.69) is 20.8 Å². The lowest BCUT2D eigenvalue weighted by Crippen LogP contribution is -2.35. The Hall–Kier alpha value is -1.92. The molecule has 3 rings (SSSR count). The average Bonchev–Trinajstić information content (AvgIpc) is 3.29. The fraction of sp³-hybridized carbons (Fsp3) is 0.500. The van der Waals surface area contributed by atoms with Crippen LogP contribution in [0.25, 0.3) is 11.5 Å². The highest BCUT2D eigenvalue weighted by atomic mass is 35.5. The number of rotatable bonds is 9. The third-order valence-electron chi connectivity index (χ3n) is 4.14. The number of nitrogens with zero attached hydrogens (tertiary/aromatic N) is 2. The first-order valence-electron chi connectivity index (χ1n) is 8.64. The quantitative estimate of drug-likeness (QED) is 0.714. The molecule has 1 aromatic heterocycles. The van der Waals surface area contributed by atoms with Crippen molar-refractivity contribution in [3.05, 3.63) is 35.7 Å². The highest BCUT2D eigenvalue weighted by Crippen LogP contribution is 2.27. The van der Waals surface area contributed by atoms with Crippen LogP contribution >= 0.6 is 12.4 Å². The molecule has 0 bridgehead atoms. The minimum atomic E-state index is 0. The van der Waals surface area contributed by atoms with Gasteiger partial charge < -0.3 is 15.2 Å². The second-order valence-corrected chi connectivity index (χ2v) is 6.24. The molecule has 2 N–H and O–H groups in total. The lowest BCUT2D eigenvalue weighted by molar-refractivity contribution is -0.120.